The lowest BCUT2D eigenvalue weighted by Crippen LogP contribution is -2.42. The van der Waals surface area contributed by atoms with Gasteiger partial charge in [-0.15, -0.1) is 0 Å². The summed E-state index contributed by atoms with van der Waals surface area (Å²) in [5.41, 5.74) is 0.800. The van der Waals surface area contributed by atoms with Crippen LogP contribution in [-0.2, 0) is 6.54 Å². The van der Waals surface area contributed by atoms with Gasteiger partial charge in [0.1, 0.15) is 11.9 Å². The van der Waals surface area contributed by atoms with Crippen molar-refractivity contribution in [3.8, 4) is 0 Å². The van der Waals surface area contributed by atoms with E-state index in [0.29, 0.717) is 12.2 Å². The molecular weight excluding hydrogens is 250 g/mol. The van der Waals surface area contributed by atoms with Crippen LogP contribution in [-0.4, -0.2) is 49.5 Å². The number of aromatic carboxylic acids is 1. The monoisotopic (exact) mass is 267 g/mol. The normalized spacial score (nSPS) is 19.7. The number of carboxylic acids is 1. The molecule has 0 aromatic carbocycles. The molecule has 2 rings (SSSR count). The molecular formula is C12H17N3O2S. The lowest BCUT2D eigenvalue weighted by Gasteiger charge is -2.37. The second kappa shape index (κ2) is 5.24. The predicted molar refractivity (Wildman–Crippen MR) is 70.8 cm³/mol. The van der Waals surface area contributed by atoms with Crippen molar-refractivity contribution in [1.29, 1.82) is 0 Å². The Morgan fingerprint density at radius 1 is 1.61 bits per heavy atom. The number of thioether (sulfide) groups is 1. The van der Waals surface area contributed by atoms with Crippen molar-refractivity contribution in [2.45, 2.75) is 25.1 Å². The zero-order chi connectivity index (χ0) is 13.2. The first-order valence-corrected chi connectivity index (χ1v) is 6.85. The number of rotatable bonds is 3. The fourth-order valence-corrected chi connectivity index (χ4v) is 3.30. The van der Waals surface area contributed by atoms with Gasteiger partial charge >= 0.3 is 5.97 Å². The minimum Gasteiger partial charge on any atom is -0.478 e. The van der Waals surface area contributed by atoms with Crippen LogP contribution < -0.4 is 0 Å². The summed E-state index contributed by atoms with van der Waals surface area (Å²) in [5.74, 6) is 0.108. The van der Waals surface area contributed by atoms with Gasteiger partial charge in [-0.3, -0.25) is 4.90 Å². The van der Waals surface area contributed by atoms with Gasteiger partial charge in [0, 0.05) is 36.3 Å². The summed E-state index contributed by atoms with van der Waals surface area (Å²) in [6.07, 6.45) is 2.78. The SMILES string of the molecule is CC1(C)CN(Cc2ncncc2C(=O)O)CCS1. The zero-order valence-electron chi connectivity index (χ0n) is 10.6. The average molecular weight is 267 g/mol. The summed E-state index contributed by atoms with van der Waals surface area (Å²) >= 11 is 1.95. The first-order chi connectivity index (χ1) is 8.48. The van der Waals surface area contributed by atoms with Crippen molar-refractivity contribution in [2.75, 3.05) is 18.8 Å². The van der Waals surface area contributed by atoms with E-state index in [1.807, 2.05) is 11.8 Å². The molecule has 0 radical (unpaired) electrons. The Hall–Kier alpha value is -1.14. The van der Waals surface area contributed by atoms with Crippen molar-refractivity contribution in [3.05, 3.63) is 23.8 Å². The van der Waals surface area contributed by atoms with Crippen molar-refractivity contribution in [2.24, 2.45) is 0 Å². The third-order valence-electron chi connectivity index (χ3n) is 2.90. The lowest BCUT2D eigenvalue weighted by atomic mass is 10.1. The van der Waals surface area contributed by atoms with Crippen molar-refractivity contribution < 1.29 is 9.90 Å². The van der Waals surface area contributed by atoms with Crippen LogP contribution in [0.1, 0.15) is 29.9 Å². The molecule has 0 amide bonds. The second-order valence-corrected chi connectivity index (χ2v) is 6.81. The number of aromatic nitrogens is 2. The third-order valence-corrected chi connectivity index (χ3v) is 4.20. The first kappa shape index (κ1) is 13.3. The Labute approximate surface area is 111 Å². The van der Waals surface area contributed by atoms with Gasteiger partial charge in [-0.2, -0.15) is 11.8 Å². The fourth-order valence-electron chi connectivity index (χ4n) is 2.12. The summed E-state index contributed by atoms with van der Waals surface area (Å²) < 4.78 is 0.217. The Kier molecular flexibility index (Phi) is 3.87. The smallest absolute Gasteiger partial charge is 0.339 e. The van der Waals surface area contributed by atoms with Gasteiger partial charge in [0.2, 0.25) is 0 Å². The molecule has 0 aliphatic carbocycles. The molecule has 1 aliphatic rings. The molecule has 1 aliphatic heterocycles. The highest BCUT2D eigenvalue weighted by molar-refractivity contribution is 8.00. The predicted octanol–water partition coefficient (Wildman–Crippen LogP) is 1.50. The molecule has 1 N–H and O–H groups in total. The van der Waals surface area contributed by atoms with E-state index in [-0.39, 0.29) is 10.3 Å². The van der Waals surface area contributed by atoms with E-state index in [9.17, 15) is 4.79 Å². The van der Waals surface area contributed by atoms with E-state index < -0.39 is 5.97 Å². The van der Waals surface area contributed by atoms with E-state index in [1.54, 1.807) is 0 Å². The first-order valence-electron chi connectivity index (χ1n) is 5.86. The van der Waals surface area contributed by atoms with Gasteiger partial charge in [-0.1, -0.05) is 0 Å². The van der Waals surface area contributed by atoms with E-state index in [2.05, 4.69) is 28.7 Å². The van der Waals surface area contributed by atoms with E-state index in [1.165, 1.54) is 12.5 Å². The summed E-state index contributed by atoms with van der Waals surface area (Å²) in [7, 11) is 0. The molecule has 0 atom stereocenters. The topological polar surface area (TPSA) is 66.3 Å². The molecule has 0 bridgehead atoms. The Morgan fingerprint density at radius 3 is 3.06 bits per heavy atom. The highest BCUT2D eigenvalue weighted by Crippen LogP contribution is 2.30. The quantitative estimate of drug-likeness (QED) is 0.895. The van der Waals surface area contributed by atoms with Crippen molar-refractivity contribution in [3.63, 3.8) is 0 Å². The molecule has 5 nitrogen and oxygen atoms in total. The molecule has 0 spiro atoms. The minimum atomic E-state index is -0.962. The summed E-state index contributed by atoms with van der Waals surface area (Å²) in [6, 6.07) is 0. The Bertz CT molecular complexity index is 451. The van der Waals surface area contributed by atoms with Crippen molar-refractivity contribution >= 4 is 17.7 Å². The number of carboxylic acid groups (broad SMARTS) is 1. The van der Waals surface area contributed by atoms with Crippen LogP contribution in [0.3, 0.4) is 0 Å². The highest BCUT2D eigenvalue weighted by atomic mass is 32.2. The van der Waals surface area contributed by atoms with Gasteiger partial charge in [0.05, 0.1) is 5.69 Å². The van der Waals surface area contributed by atoms with Gasteiger partial charge in [0.25, 0.3) is 0 Å². The Balaban J connectivity index is 2.12. The maximum absolute atomic E-state index is 11.1. The largest absolute Gasteiger partial charge is 0.478 e. The van der Waals surface area contributed by atoms with Crippen LogP contribution in [0.25, 0.3) is 0 Å². The van der Waals surface area contributed by atoms with Crippen molar-refractivity contribution in [1.82, 2.24) is 14.9 Å². The fraction of sp³-hybridized carbons (Fsp3) is 0.583. The van der Waals surface area contributed by atoms with Gasteiger partial charge in [0.15, 0.2) is 0 Å². The third kappa shape index (κ3) is 3.20. The molecule has 98 valence electrons. The van der Waals surface area contributed by atoms with Gasteiger partial charge in [-0.05, 0) is 13.8 Å². The van der Waals surface area contributed by atoms with Crippen LogP contribution in [0.4, 0.5) is 0 Å². The average Bonchev–Trinajstić information content (AvgIpc) is 2.28. The molecule has 1 fully saturated rings. The Morgan fingerprint density at radius 2 is 2.39 bits per heavy atom. The molecule has 1 aromatic heterocycles. The highest BCUT2D eigenvalue weighted by Gasteiger charge is 2.27. The number of nitrogens with zero attached hydrogens (tertiary/aromatic N) is 3. The summed E-state index contributed by atoms with van der Waals surface area (Å²) in [5, 5.41) is 9.10. The number of carbonyl (C=O) groups is 1. The zero-order valence-corrected chi connectivity index (χ0v) is 11.4. The summed E-state index contributed by atoms with van der Waals surface area (Å²) in [4.78, 5) is 21.2. The minimum absolute atomic E-state index is 0.202. The van der Waals surface area contributed by atoms with Gasteiger partial charge < -0.3 is 5.11 Å². The standard InChI is InChI=1S/C12H17N3O2S/c1-12(2)7-15(3-4-18-12)6-10-9(11(16)17)5-13-8-14-10/h5,8H,3-4,6-7H2,1-2H3,(H,16,17). The number of hydrogen-bond acceptors (Lipinski definition) is 5. The second-order valence-electron chi connectivity index (χ2n) is 5.01. The van der Waals surface area contributed by atoms with Crippen LogP contribution in [0, 0.1) is 0 Å². The lowest BCUT2D eigenvalue weighted by molar-refractivity contribution is 0.0693. The van der Waals surface area contributed by atoms with Crippen LogP contribution in [0.2, 0.25) is 0 Å². The molecule has 2 heterocycles. The maximum Gasteiger partial charge on any atom is 0.339 e. The maximum atomic E-state index is 11.1. The summed E-state index contributed by atoms with van der Waals surface area (Å²) in [6.45, 7) is 6.91. The molecule has 1 saturated heterocycles. The van der Waals surface area contributed by atoms with Gasteiger partial charge in [-0.25, -0.2) is 14.8 Å². The van der Waals surface area contributed by atoms with Crippen LogP contribution in [0.5, 0.6) is 0 Å². The molecule has 0 saturated carbocycles. The molecule has 6 heteroatoms. The molecule has 1 aromatic rings. The van der Waals surface area contributed by atoms with Crippen LogP contribution >= 0.6 is 11.8 Å². The number of hydrogen-bond donors (Lipinski definition) is 1. The van der Waals surface area contributed by atoms with E-state index in [4.69, 9.17) is 5.11 Å². The molecule has 0 unspecified atom stereocenters. The molecule has 18 heavy (non-hydrogen) atoms. The van der Waals surface area contributed by atoms with Crippen LogP contribution in [0.15, 0.2) is 12.5 Å². The van der Waals surface area contributed by atoms with E-state index in [0.717, 1.165) is 18.8 Å². The van der Waals surface area contributed by atoms with E-state index >= 15 is 0 Å².